The third-order valence-electron chi connectivity index (χ3n) is 4.06. The average molecular weight is 379 g/mol. The van der Waals surface area contributed by atoms with Gasteiger partial charge in [0.05, 0.1) is 13.1 Å². The quantitative estimate of drug-likeness (QED) is 0.606. The van der Waals surface area contributed by atoms with Crippen LogP contribution in [0.1, 0.15) is 29.3 Å². The zero-order chi connectivity index (χ0) is 18.8. The Labute approximate surface area is 159 Å². The summed E-state index contributed by atoms with van der Waals surface area (Å²) in [5, 5.41) is 5.22. The summed E-state index contributed by atoms with van der Waals surface area (Å²) in [6, 6.07) is 8.38. The fraction of sp³-hybridized carbons (Fsp3) is 0.450. The minimum atomic E-state index is -0.267. The summed E-state index contributed by atoms with van der Waals surface area (Å²) < 4.78 is 18.4. The molecular weight excluding hydrogens is 351 g/mol. The number of thiophene rings is 1. The molecule has 0 saturated heterocycles. The van der Waals surface area contributed by atoms with Crippen LogP contribution in [0.4, 0.5) is 4.39 Å². The van der Waals surface area contributed by atoms with E-state index >= 15 is 0 Å². The van der Waals surface area contributed by atoms with Gasteiger partial charge in [0.1, 0.15) is 5.82 Å². The Balaban J connectivity index is 1.94. The minimum absolute atomic E-state index is 0.0403. The molecule has 0 radical (unpaired) electrons. The summed E-state index contributed by atoms with van der Waals surface area (Å²) in [6.45, 7) is 7.51. The molecule has 0 aliphatic heterocycles. The first kappa shape index (κ1) is 20.6. The fourth-order valence-electron chi connectivity index (χ4n) is 2.53. The number of carbonyl (C=O) groups excluding carboxylic acids is 1. The number of amides is 1. The van der Waals surface area contributed by atoms with Gasteiger partial charge in [-0.1, -0.05) is 12.1 Å². The molecule has 1 heterocycles. The highest BCUT2D eigenvalue weighted by Crippen LogP contribution is 2.19. The molecule has 1 N–H and O–H groups in total. The van der Waals surface area contributed by atoms with Crippen LogP contribution in [0.3, 0.4) is 0 Å². The molecule has 0 unspecified atom stereocenters. The summed E-state index contributed by atoms with van der Waals surface area (Å²) in [7, 11) is 0. The maximum atomic E-state index is 13.1. The first-order chi connectivity index (χ1) is 12.6. The number of benzene rings is 1. The van der Waals surface area contributed by atoms with Crippen molar-refractivity contribution < 1.29 is 13.9 Å². The minimum Gasteiger partial charge on any atom is -0.382 e. The van der Waals surface area contributed by atoms with Crippen molar-refractivity contribution in [2.75, 3.05) is 26.3 Å². The molecular formula is C20H27FN2O2S. The van der Waals surface area contributed by atoms with Gasteiger partial charge in [-0.05, 0) is 61.5 Å². The van der Waals surface area contributed by atoms with Gasteiger partial charge in [0.2, 0.25) is 5.91 Å². The van der Waals surface area contributed by atoms with Crippen molar-refractivity contribution in [1.82, 2.24) is 10.2 Å². The van der Waals surface area contributed by atoms with Crippen molar-refractivity contribution in [3.63, 3.8) is 0 Å². The molecule has 0 aliphatic rings. The fourth-order valence-corrected chi connectivity index (χ4v) is 3.45. The van der Waals surface area contributed by atoms with Crippen LogP contribution in [0.25, 0.3) is 0 Å². The Kier molecular flexibility index (Phi) is 8.74. The number of aryl methyl sites for hydroxylation is 1. The van der Waals surface area contributed by atoms with E-state index in [1.165, 1.54) is 22.6 Å². The lowest BCUT2D eigenvalue weighted by molar-refractivity contribution is -0.131. The molecule has 0 saturated carbocycles. The van der Waals surface area contributed by atoms with E-state index in [1.807, 2.05) is 17.2 Å². The molecule has 6 heteroatoms. The lowest BCUT2D eigenvalue weighted by Gasteiger charge is -2.23. The van der Waals surface area contributed by atoms with E-state index in [2.05, 4.69) is 18.3 Å². The monoisotopic (exact) mass is 378 g/mol. The van der Waals surface area contributed by atoms with E-state index in [-0.39, 0.29) is 18.3 Å². The van der Waals surface area contributed by atoms with Gasteiger partial charge in [-0.15, -0.1) is 11.3 Å². The lowest BCUT2D eigenvalue weighted by atomic mass is 10.2. The van der Waals surface area contributed by atoms with Gasteiger partial charge in [-0.3, -0.25) is 4.79 Å². The molecule has 0 atom stereocenters. The number of halogens is 1. The number of carbonyl (C=O) groups is 1. The summed E-state index contributed by atoms with van der Waals surface area (Å²) >= 11 is 1.65. The molecule has 0 spiro atoms. The largest absolute Gasteiger partial charge is 0.382 e. The van der Waals surface area contributed by atoms with Crippen LogP contribution in [-0.2, 0) is 22.6 Å². The molecule has 2 aromatic rings. The maximum Gasteiger partial charge on any atom is 0.237 e. The Morgan fingerprint density at radius 1 is 1.23 bits per heavy atom. The molecule has 1 aromatic heterocycles. The second-order valence-electron chi connectivity index (χ2n) is 6.13. The van der Waals surface area contributed by atoms with Crippen LogP contribution < -0.4 is 5.32 Å². The summed E-state index contributed by atoms with van der Waals surface area (Å²) in [6.07, 6.45) is 0.878. The van der Waals surface area contributed by atoms with Crippen molar-refractivity contribution in [3.05, 3.63) is 57.5 Å². The summed E-state index contributed by atoms with van der Waals surface area (Å²) in [4.78, 5) is 15.7. The smallest absolute Gasteiger partial charge is 0.237 e. The standard InChI is InChI=1S/C20H27FN2O2S/c1-3-25-11-4-10-22-13-20(24)23(15-19-16(2)9-12-26-19)14-17-5-7-18(21)8-6-17/h5-9,12,22H,3-4,10-11,13-15H2,1-2H3. The normalized spacial score (nSPS) is 10.9. The molecule has 0 aliphatic carbocycles. The van der Waals surface area contributed by atoms with Gasteiger partial charge in [-0.2, -0.15) is 0 Å². The van der Waals surface area contributed by atoms with E-state index in [0.29, 0.717) is 26.3 Å². The predicted octanol–water partition coefficient (Wildman–Crippen LogP) is 3.74. The lowest BCUT2D eigenvalue weighted by Crippen LogP contribution is -2.37. The van der Waals surface area contributed by atoms with Gasteiger partial charge in [0, 0.05) is 24.6 Å². The van der Waals surface area contributed by atoms with E-state index < -0.39 is 0 Å². The zero-order valence-corrected chi connectivity index (χ0v) is 16.3. The highest BCUT2D eigenvalue weighted by molar-refractivity contribution is 7.10. The summed E-state index contributed by atoms with van der Waals surface area (Å²) in [5.74, 6) is -0.227. The Bertz CT molecular complexity index is 673. The SMILES string of the molecule is CCOCCCNCC(=O)N(Cc1ccc(F)cc1)Cc1sccc1C. The highest BCUT2D eigenvalue weighted by Gasteiger charge is 2.16. The van der Waals surface area contributed by atoms with E-state index in [9.17, 15) is 9.18 Å². The van der Waals surface area contributed by atoms with Gasteiger partial charge in [0.15, 0.2) is 0 Å². The van der Waals surface area contributed by atoms with Gasteiger partial charge in [-0.25, -0.2) is 4.39 Å². The van der Waals surface area contributed by atoms with E-state index in [1.54, 1.807) is 23.5 Å². The van der Waals surface area contributed by atoms with Crippen LogP contribution in [0.5, 0.6) is 0 Å². The second-order valence-corrected chi connectivity index (χ2v) is 7.13. The van der Waals surface area contributed by atoms with Crippen molar-refractivity contribution in [3.8, 4) is 0 Å². The number of hydrogen-bond donors (Lipinski definition) is 1. The first-order valence-corrected chi connectivity index (χ1v) is 9.81. The topological polar surface area (TPSA) is 41.6 Å². The number of ether oxygens (including phenoxy) is 1. The van der Waals surface area contributed by atoms with Crippen LogP contribution >= 0.6 is 11.3 Å². The Morgan fingerprint density at radius 2 is 2.00 bits per heavy atom. The van der Waals surface area contributed by atoms with Crippen LogP contribution in [0.15, 0.2) is 35.7 Å². The molecule has 1 amide bonds. The predicted molar refractivity (Wildman–Crippen MR) is 104 cm³/mol. The third kappa shape index (κ3) is 6.86. The van der Waals surface area contributed by atoms with Crippen LogP contribution in [-0.4, -0.2) is 37.1 Å². The first-order valence-electron chi connectivity index (χ1n) is 8.93. The zero-order valence-electron chi connectivity index (χ0n) is 15.5. The molecule has 0 fully saturated rings. The Hall–Kier alpha value is -1.76. The molecule has 26 heavy (non-hydrogen) atoms. The van der Waals surface area contributed by atoms with Crippen molar-refractivity contribution in [2.45, 2.75) is 33.4 Å². The maximum absolute atomic E-state index is 13.1. The number of rotatable bonds is 11. The van der Waals surface area contributed by atoms with Crippen molar-refractivity contribution in [2.24, 2.45) is 0 Å². The molecule has 0 bridgehead atoms. The van der Waals surface area contributed by atoms with Gasteiger partial charge < -0.3 is 15.0 Å². The van der Waals surface area contributed by atoms with Gasteiger partial charge in [0.25, 0.3) is 0 Å². The number of nitrogens with zero attached hydrogens (tertiary/aromatic N) is 1. The van der Waals surface area contributed by atoms with E-state index in [0.717, 1.165) is 18.5 Å². The molecule has 1 aromatic carbocycles. The Morgan fingerprint density at radius 3 is 2.65 bits per heavy atom. The molecule has 142 valence electrons. The second kappa shape index (κ2) is 11.1. The van der Waals surface area contributed by atoms with Crippen molar-refractivity contribution >= 4 is 17.2 Å². The van der Waals surface area contributed by atoms with Crippen LogP contribution in [0, 0.1) is 12.7 Å². The summed E-state index contributed by atoms with van der Waals surface area (Å²) in [5.41, 5.74) is 2.11. The third-order valence-corrected chi connectivity index (χ3v) is 5.07. The highest BCUT2D eigenvalue weighted by atomic mass is 32.1. The average Bonchev–Trinajstić information content (AvgIpc) is 3.04. The number of hydrogen-bond acceptors (Lipinski definition) is 4. The van der Waals surface area contributed by atoms with Gasteiger partial charge >= 0.3 is 0 Å². The van der Waals surface area contributed by atoms with E-state index in [4.69, 9.17) is 4.74 Å². The van der Waals surface area contributed by atoms with Crippen LogP contribution in [0.2, 0.25) is 0 Å². The molecule has 4 nitrogen and oxygen atoms in total. The van der Waals surface area contributed by atoms with Crippen molar-refractivity contribution in [1.29, 1.82) is 0 Å². The number of nitrogens with one attached hydrogen (secondary N) is 1. The molecule has 2 rings (SSSR count).